The van der Waals surface area contributed by atoms with Crippen molar-refractivity contribution in [2.45, 2.75) is 52.1 Å². The van der Waals surface area contributed by atoms with Gasteiger partial charge in [-0.25, -0.2) is 4.99 Å². The molecule has 1 aromatic carbocycles. The van der Waals surface area contributed by atoms with Gasteiger partial charge in [-0.05, 0) is 19.4 Å². The van der Waals surface area contributed by atoms with Crippen LogP contribution in [0.5, 0.6) is 5.75 Å². The van der Waals surface area contributed by atoms with Crippen molar-refractivity contribution in [3.8, 4) is 5.75 Å². The van der Waals surface area contributed by atoms with Crippen molar-refractivity contribution in [1.82, 2.24) is 25.4 Å². The molecule has 0 spiro atoms. The molecule has 154 valence electrons. The third-order valence-corrected chi connectivity index (χ3v) is 4.90. The van der Waals surface area contributed by atoms with Crippen LogP contribution in [0.3, 0.4) is 0 Å². The van der Waals surface area contributed by atoms with E-state index in [-0.39, 0.29) is 30.0 Å². The summed E-state index contributed by atoms with van der Waals surface area (Å²) in [5.74, 6) is 3.52. The molecule has 0 aliphatic carbocycles. The van der Waals surface area contributed by atoms with Gasteiger partial charge in [0.2, 0.25) is 0 Å². The van der Waals surface area contributed by atoms with Crippen LogP contribution in [-0.2, 0) is 13.6 Å². The lowest BCUT2D eigenvalue weighted by atomic mass is 10.0. The van der Waals surface area contributed by atoms with E-state index in [2.05, 4.69) is 39.9 Å². The standard InChI is InChI=1S/C20H30N6O.HI/c1-4-5-8-12-21-20(22-14-19-25-24-15(2)26(19)3)23-17-11-13-27-18-10-7-6-9-16(17)18;/h6-7,9-10,17H,4-5,8,11-14H2,1-3H3,(H2,21,22,23);1H. The number of nitrogens with one attached hydrogen (secondary N) is 2. The molecule has 0 fully saturated rings. The first kappa shape index (κ1) is 22.4. The Hall–Kier alpha value is -1.84. The Morgan fingerprint density at radius 2 is 2.11 bits per heavy atom. The van der Waals surface area contributed by atoms with Crippen molar-refractivity contribution in [3.05, 3.63) is 41.5 Å². The normalized spacial score (nSPS) is 16.0. The van der Waals surface area contributed by atoms with Crippen LogP contribution in [0, 0.1) is 6.92 Å². The third kappa shape index (κ3) is 5.83. The van der Waals surface area contributed by atoms with E-state index < -0.39 is 0 Å². The van der Waals surface area contributed by atoms with Crippen molar-refractivity contribution in [2.75, 3.05) is 13.2 Å². The van der Waals surface area contributed by atoms with E-state index in [1.54, 1.807) is 0 Å². The number of benzene rings is 1. The number of nitrogens with zero attached hydrogens (tertiary/aromatic N) is 4. The minimum Gasteiger partial charge on any atom is -0.493 e. The number of ether oxygens (including phenoxy) is 1. The number of guanidine groups is 1. The summed E-state index contributed by atoms with van der Waals surface area (Å²) in [7, 11) is 1.97. The maximum absolute atomic E-state index is 5.77. The van der Waals surface area contributed by atoms with Crippen molar-refractivity contribution >= 4 is 29.9 Å². The molecular formula is C20H31IN6O. The second kappa shape index (κ2) is 11.2. The summed E-state index contributed by atoms with van der Waals surface area (Å²) in [4.78, 5) is 4.76. The topological polar surface area (TPSA) is 76.4 Å². The van der Waals surface area contributed by atoms with Crippen LogP contribution in [0.1, 0.15) is 55.9 Å². The van der Waals surface area contributed by atoms with E-state index in [0.29, 0.717) is 13.2 Å². The van der Waals surface area contributed by atoms with E-state index in [1.165, 1.54) is 18.4 Å². The lowest BCUT2D eigenvalue weighted by Crippen LogP contribution is -2.41. The van der Waals surface area contributed by atoms with E-state index in [0.717, 1.165) is 42.7 Å². The molecule has 7 nitrogen and oxygen atoms in total. The molecule has 1 aromatic heterocycles. The van der Waals surface area contributed by atoms with E-state index in [9.17, 15) is 0 Å². The fraction of sp³-hybridized carbons (Fsp3) is 0.550. The Morgan fingerprint density at radius 1 is 1.29 bits per heavy atom. The van der Waals surface area contributed by atoms with Gasteiger partial charge in [-0.2, -0.15) is 0 Å². The number of aromatic nitrogens is 3. The molecule has 0 amide bonds. The average Bonchev–Trinajstić information content (AvgIpc) is 3.01. The van der Waals surface area contributed by atoms with Crippen molar-refractivity contribution in [1.29, 1.82) is 0 Å². The first-order chi connectivity index (χ1) is 13.2. The lowest BCUT2D eigenvalue weighted by molar-refractivity contribution is 0.261. The van der Waals surface area contributed by atoms with Gasteiger partial charge in [-0.15, -0.1) is 34.2 Å². The molecule has 2 heterocycles. The Labute approximate surface area is 184 Å². The summed E-state index contributed by atoms with van der Waals surface area (Å²) in [6.07, 6.45) is 4.45. The van der Waals surface area contributed by atoms with Gasteiger partial charge in [0, 0.05) is 25.6 Å². The van der Waals surface area contributed by atoms with Crippen LogP contribution in [0.15, 0.2) is 29.3 Å². The second-order valence-electron chi connectivity index (χ2n) is 6.89. The van der Waals surface area contributed by atoms with Gasteiger partial charge < -0.3 is 19.9 Å². The number of aliphatic imine (C=N–C) groups is 1. The van der Waals surface area contributed by atoms with Gasteiger partial charge in [0.05, 0.1) is 12.6 Å². The van der Waals surface area contributed by atoms with Crippen LogP contribution in [-0.4, -0.2) is 33.9 Å². The SMILES string of the molecule is CCCCCNC(=NCc1nnc(C)n1C)NC1CCOc2ccccc21.I. The highest BCUT2D eigenvalue weighted by Gasteiger charge is 2.22. The zero-order valence-electron chi connectivity index (χ0n) is 16.9. The average molecular weight is 498 g/mol. The zero-order valence-corrected chi connectivity index (χ0v) is 19.3. The molecule has 28 heavy (non-hydrogen) atoms. The Balaban J connectivity index is 0.00000280. The molecular weight excluding hydrogens is 467 g/mol. The summed E-state index contributed by atoms with van der Waals surface area (Å²) in [6.45, 7) is 6.26. The van der Waals surface area contributed by atoms with Crippen molar-refractivity contribution in [2.24, 2.45) is 12.0 Å². The van der Waals surface area contributed by atoms with Crippen LogP contribution >= 0.6 is 24.0 Å². The lowest BCUT2D eigenvalue weighted by Gasteiger charge is -2.28. The highest BCUT2D eigenvalue weighted by atomic mass is 127. The van der Waals surface area contributed by atoms with Gasteiger partial charge in [0.25, 0.3) is 0 Å². The molecule has 2 N–H and O–H groups in total. The van der Waals surface area contributed by atoms with E-state index >= 15 is 0 Å². The number of aryl methyl sites for hydroxylation is 1. The molecule has 3 rings (SSSR count). The Bertz CT molecular complexity index is 776. The first-order valence-corrected chi connectivity index (χ1v) is 9.80. The molecule has 0 bridgehead atoms. The van der Waals surface area contributed by atoms with Crippen LogP contribution in [0.4, 0.5) is 0 Å². The minimum atomic E-state index is 0. The molecule has 2 aromatic rings. The fourth-order valence-corrected chi connectivity index (χ4v) is 3.13. The summed E-state index contributed by atoms with van der Waals surface area (Å²) in [5, 5.41) is 15.4. The van der Waals surface area contributed by atoms with Gasteiger partial charge in [-0.1, -0.05) is 38.0 Å². The van der Waals surface area contributed by atoms with Crippen molar-refractivity contribution < 1.29 is 4.74 Å². The second-order valence-corrected chi connectivity index (χ2v) is 6.89. The number of rotatable bonds is 7. The third-order valence-electron chi connectivity index (χ3n) is 4.90. The van der Waals surface area contributed by atoms with Crippen LogP contribution < -0.4 is 15.4 Å². The van der Waals surface area contributed by atoms with E-state index in [4.69, 9.17) is 9.73 Å². The summed E-state index contributed by atoms with van der Waals surface area (Å²) >= 11 is 0. The van der Waals surface area contributed by atoms with E-state index in [1.807, 2.05) is 30.7 Å². The fourth-order valence-electron chi connectivity index (χ4n) is 3.13. The molecule has 1 atom stereocenters. The number of hydrogen-bond acceptors (Lipinski definition) is 4. The zero-order chi connectivity index (χ0) is 19.1. The van der Waals surface area contributed by atoms with Gasteiger partial charge >= 0.3 is 0 Å². The minimum absolute atomic E-state index is 0. The first-order valence-electron chi connectivity index (χ1n) is 9.80. The van der Waals surface area contributed by atoms with Gasteiger partial charge in [0.15, 0.2) is 11.8 Å². The molecule has 1 aliphatic heterocycles. The van der Waals surface area contributed by atoms with Crippen molar-refractivity contribution in [3.63, 3.8) is 0 Å². The highest BCUT2D eigenvalue weighted by molar-refractivity contribution is 14.0. The number of hydrogen-bond donors (Lipinski definition) is 2. The maximum atomic E-state index is 5.77. The van der Waals surface area contributed by atoms with Crippen LogP contribution in [0.25, 0.3) is 0 Å². The molecule has 0 saturated carbocycles. The Kier molecular flexibility index (Phi) is 9.01. The number of fused-ring (bicyclic) bond motifs is 1. The number of halogens is 1. The summed E-state index contributed by atoms with van der Waals surface area (Å²) in [5.41, 5.74) is 1.18. The number of unbranched alkanes of at least 4 members (excludes halogenated alkanes) is 2. The number of para-hydroxylation sites is 1. The molecule has 1 unspecified atom stereocenters. The molecule has 0 saturated heterocycles. The Morgan fingerprint density at radius 3 is 2.86 bits per heavy atom. The quantitative estimate of drug-likeness (QED) is 0.265. The largest absolute Gasteiger partial charge is 0.493 e. The highest BCUT2D eigenvalue weighted by Crippen LogP contribution is 2.31. The monoisotopic (exact) mass is 498 g/mol. The summed E-state index contributed by atoms with van der Waals surface area (Å²) < 4.78 is 7.75. The maximum Gasteiger partial charge on any atom is 0.192 e. The van der Waals surface area contributed by atoms with Gasteiger partial charge in [-0.3, -0.25) is 0 Å². The molecule has 1 aliphatic rings. The van der Waals surface area contributed by atoms with Crippen LogP contribution in [0.2, 0.25) is 0 Å². The predicted octanol–water partition coefficient (Wildman–Crippen LogP) is 3.49. The molecule has 0 radical (unpaired) electrons. The van der Waals surface area contributed by atoms with Gasteiger partial charge in [0.1, 0.15) is 18.1 Å². The summed E-state index contributed by atoms with van der Waals surface area (Å²) in [6, 6.07) is 8.39. The smallest absolute Gasteiger partial charge is 0.192 e. The molecule has 8 heteroatoms. The predicted molar refractivity (Wildman–Crippen MR) is 122 cm³/mol.